The quantitative estimate of drug-likeness (QED) is 0.368. The van der Waals surface area contributed by atoms with Crippen LogP contribution in [-0.2, 0) is 13.6 Å². The zero-order valence-corrected chi connectivity index (χ0v) is 19.5. The molecule has 0 saturated heterocycles. The van der Waals surface area contributed by atoms with E-state index >= 15 is 0 Å². The van der Waals surface area contributed by atoms with Crippen molar-refractivity contribution in [3.8, 4) is 23.0 Å². The fourth-order valence-corrected chi connectivity index (χ4v) is 4.87. The molecule has 8 nitrogen and oxygen atoms in total. The Morgan fingerprint density at radius 2 is 1.86 bits per heavy atom. The second kappa shape index (κ2) is 9.52. The molecular weight excluding hydrogens is 458 g/mol. The number of alkyl halides is 2. The number of imidazole rings is 1. The zero-order valence-electron chi connectivity index (χ0n) is 19.5. The largest absolute Gasteiger partial charge is 0.497 e. The first-order valence-electron chi connectivity index (χ1n) is 11.5. The Kier molecular flexibility index (Phi) is 6.27. The summed E-state index contributed by atoms with van der Waals surface area (Å²) >= 11 is 0. The summed E-state index contributed by atoms with van der Waals surface area (Å²) in [5.41, 5.74) is 2.25. The molecule has 1 aliphatic rings. The summed E-state index contributed by atoms with van der Waals surface area (Å²) in [6, 6.07) is 11.9. The van der Waals surface area contributed by atoms with Gasteiger partial charge in [0.05, 0.1) is 18.1 Å². The lowest BCUT2D eigenvalue weighted by molar-refractivity contribution is -0.0498. The van der Waals surface area contributed by atoms with Crippen LogP contribution in [0.1, 0.15) is 37.5 Å². The van der Waals surface area contributed by atoms with Gasteiger partial charge in [-0.05, 0) is 61.9 Å². The molecule has 10 heteroatoms. The zero-order chi connectivity index (χ0) is 24.5. The van der Waals surface area contributed by atoms with Crippen LogP contribution in [0.5, 0.6) is 11.5 Å². The molecule has 0 atom stereocenters. The fourth-order valence-electron chi connectivity index (χ4n) is 4.87. The molecule has 0 radical (unpaired) electrons. The van der Waals surface area contributed by atoms with Crippen molar-refractivity contribution in [3.05, 3.63) is 58.8 Å². The van der Waals surface area contributed by atoms with Crippen LogP contribution >= 0.6 is 0 Å². The minimum Gasteiger partial charge on any atom is -0.497 e. The molecule has 0 unspecified atom stereocenters. The van der Waals surface area contributed by atoms with Crippen LogP contribution in [0.15, 0.2) is 51.7 Å². The third-order valence-electron chi connectivity index (χ3n) is 6.74. The minimum absolute atomic E-state index is 0.0324. The molecule has 5 rings (SSSR count). The van der Waals surface area contributed by atoms with E-state index in [1.165, 1.54) is 12.1 Å². The van der Waals surface area contributed by atoms with Gasteiger partial charge in [-0.3, -0.25) is 9.13 Å². The molecule has 184 valence electrons. The van der Waals surface area contributed by atoms with Gasteiger partial charge >= 0.3 is 12.3 Å². The third kappa shape index (κ3) is 4.65. The van der Waals surface area contributed by atoms with Crippen molar-refractivity contribution in [2.45, 2.75) is 44.8 Å². The van der Waals surface area contributed by atoms with Gasteiger partial charge < -0.3 is 13.9 Å². The van der Waals surface area contributed by atoms with E-state index in [-0.39, 0.29) is 23.2 Å². The van der Waals surface area contributed by atoms with Crippen LogP contribution in [0.3, 0.4) is 0 Å². The van der Waals surface area contributed by atoms with Crippen LogP contribution in [0.4, 0.5) is 8.78 Å². The molecule has 0 spiro atoms. The molecule has 35 heavy (non-hydrogen) atoms. The van der Waals surface area contributed by atoms with Crippen LogP contribution in [0.25, 0.3) is 22.5 Å². The van der Waals surface area contributed by atoms with Gasteiger partial charge in [0.25, 0.3) is 0 Å². The number of methoxy groups -OCH3 is 1. The predicted molar refractivity (Wildman–Crippen MR) is 125 cm³/mol. The van der Waals surface area contributed by atoms with Gasteiger partial charge in [0.2, 0.25) is 11.8 Å². The maximum atomic E-state index is 12.9. The number of rotatable bonds is 7. The molecule has 0 amide bonds. The van der Waals surface area contributed by atoms with Gasteiger partial charge in [-0.15, -0.1) is 10.2 Å². The summed E-state index contributed by atoms with van der Waals surface area (Å²) in [5, 5.41) is 8.33. The molecule has 2 aromatic carbocycles. The Morgan fingerprint density at radius 3 is 2.60 bits per heavy atom. The summed E-state index contributed by atoms with van der Waals surface area (Å²) < 4.78 is 44.2. The van der Waals surface area contributed by atoms with Crippen LogP contribution < -0.4 is 15.2 Å². The molecule has 1 fully saturated rings. The van der Waals surface area contributed by atoms with Gasteiger partial charge in [-0.2, -0.15) is 8.78 Å². The summed E-state index contributed by atoms with van der Waals surface area (Å²) in [6.07, 6.45) is 3.58. The maximum absolute atomic E-state index is 12.9. The third-order valence-corrected chi connectivity index (χ3v) is 6.74. The first-order chi connectivity index (χ1) is 16.9. The molecule has 0 bridgehead atoms. The summed E-state index contributed by atoms with van der Waals surface area (Å²) in [6.45, 7) is -2.26. The lowest BCUT2D eigenvalue weighted by Gasteiger charge is -2.26. The monoisotopic (exact) mass is 484 g/mol. The SMILES string of the molecule is COc1ccc2c(c1)n(CC1CCC(c3nnc(-c4cccc(OC(F)F)c4)o3)CC1)c(=O)n2C. The molecule has 4 aromatic rings. The van der Waals surface area contributed by atoms with Crippen molar-refractivity contribution >= 4 is 11.0 Å². The van der Waals surface area contributed by atoms with Crippen molar-refractivity contribution in [2.75, 3.05) is 7.11 Å². The van der Waals surface area contributed by atoms with E-state index in [9.17, 15) is 13.6 Å². The molecule has 1 aliphatic carbocycles. The summed E-state index contributed by atoms with van der Waals surface area (Å²) in [4.78, 5) is 12.9. The van der Waals surface area contributed by atoms with Crippen molar-refractivity contribution in [1.29, 1.82) is 0 Å². The Morgan fingerprint density at radius 1 is 1.06 bits per heavy atom. The van der Waals surface area contributed by atoms with E-state index in [0.717, 1.165) is 42.5 Å². The number of fused-ring (bicyclic) bond motifs is 1. The second-order valence-electron chi connectivity index (χ2n) is 8.88. The number of aromatic nitrogens is 4. The first-order valence-corrected chi connectivity index (χ1v) is 11.5. The van der Waals surface area contributed by atoms with Gasteiger partial charge in [-0.1, -0.05) is 6.07 Å². The predicted octanol–water partition coefficient (Wildman–Crippen LogP) is 4.97. The average Bonchev–Trinajstić information content (AvgIpc) is 3.44. The maximum Gasteiger partial charge on any atom is 0.387 e. The van der Waals surface area contributed by atoms with E-state index < -0.39 is 6.61 Å². The highest BCUT2D eigenvalue weighted by atomic mass is 19.3. The van der Waals surface area contributed by atoms with Crippen molar-refractivity contribution in [1.82, 2.24) is 19.3 Å². The minimum atomic E-state index is -2.90. The lowest BCUT2D eigenvalue weighted by Crippen LogP contribution is -2.27. The van der Waals surface area contributed by atoms with Crippen molar-refractivity contribution in [3.63, 3.8) is 0 Å². The standard InChI is InChI=1S/C25H26F2N4O4/c1-30-20-11-10-18(33-2)13-21(20)31(25(30)32)14-15-6-8-16(9-7-15)22-28-29-23(35-22)17-4-3-5-19(12-17)34-24(26)27/h3-5,10-13,15-16,24H,6-9,14H2,1-2H3. The highest BCUT2D eigenvalue weighted by molar-refractivity contribution is 5.77. The normalized spacial score (nSPS) is 18.3. The molecular formula is C25H26F2N4O4. The fraction of sp³-hybridized carbons (Fsp3) is 0.400. The number of halogens is 2. The van der Waals surface area contributed by atoms with Gasteiger partial charge in [0.1, 0.15) is 11.5 Å². The highest BCUT2D eigenvalue weighted by Gasteiger charge is 2.28. The van der Waals surface area contributed by atoms with E-state index in [0.29, 0.717) is 23.9 Å². The number of benzene rings is 2. The summed E-state index contributed by atoms with van der Waals surface area (Å²) in [5.74, 6) is 2.06. The van der Waals surface area contributed by atoms with Crippen LogP contribution in [0, 0.1) is 5.92 Å². The van der Waals surface area contributed by atoms with Gasteiger partial charge in [0, 0.05) is 31.1 Å². The molecule has 2 aromatic heterocycles. The van der Waals surface area contributed by atoms with Gasteiger partial charge in [0.15, 0.2) is 0 Å². The van der Waals surface area contributed by atoms with E-state index in [4.69, 9.17) is 9.15 Å². The number of hydrogen-bond acceptors (Lipinski definition) is 6. The molecule has 1 saturated carbocycles. The Bertz CT molecular complexity index is 1390. The number of ether oxygens (including phenoxy) is 2. The van der Waals surface area contributed by atoms with Crippen LogP contribution in [0.2, 0.25) is 0 Å². The molecule has 0 aliphatic heterocycles. The molecule has 2 heterocycles. The van der Waals surface area contributed by atoms with Crippen LogP contribution in [-0.4, -0.2) is 33.1 Å². The topological polar surface area (TPSA) is 84.3 Å². The smallest absolute Gasteiger partial charge is 0.387 e. The highest BCUT2D eigenvalue weighted by Crippen LogP contribution is 2.37. The Labute approximate surface area is 200 Å². The average molecular weight is 485 g/mol. The number of nitrogens with zero attached hydrogens (tertiary/aromatic N) is 4. The van der Waals surface area contributed by atoms with E-state index in [2.05, 4.69) is 14.9 Å². The Hall–Kier alpha value is -3.69. The van der Waals surface area contributed by atoms with Gasteiger partial charge in [-0.25, -0.2) is 4.79 Å². The Balaban J connectivity index is 1.26. The van der Waals surface area contributed by atoms with Crippen molar-refractivity contribution in [2.24, 2.45) is 13.0 Å². The second-order valence-corrected chi connectivity index (χ2v) is 8.88. The summed E-state index contributed by atoms with van der Waals surface area (Å²) in [7, 11) is 3.40. The van der Waals surface area contributed by atoms with Crippen molar-refractivity contribution < 1.29 is 22.7 Å². The number of hydrogen-bond donors (Lipinski definition) is 0. The van der Waals surface area contributed by atoms with E-state index in [1.54, 1.807) is 30.9 Å². The molecule has 0 N–H and O–H groups in total. The van der Waals surface area contributed by atoms with E-state index in [1.807, 2.05) is 22.8 Å². The first kappa shape index (κ1) is 23.1. The number of aryl methyl sites for hydroxylation is 1. The lowest BCUT2D eigenvalue weighted by atomic mass is 9.82.